The van der Waals surface area contributed by atoms with Crippen molar-refractivity contribution in [3.8, 4) is 0 Å². The van der Waals surface area contributed by atoms with Gasteiger partial charge in [0, 0.05) is 18.1 Å². The van der Waals surface area contributed by atoms with E-state index in [1.165, 1.54) is 58.0 Å². The first kappa shape index (κ1) is 15.3. The van der Waals surface area contributed by atoms with Gasteiger partial charge in [0.15, 0.2) is 0 Å². The molecule has 19 heavy (non-hydrogen) atoms. The van der Waals surface area contributed by atoms with Gasteiger partial charge < -0.3 is 10.6 Å². The summed E-state index contributed by atoms with van der Waals surface area (Å²) in [5, 5.41) is 0. The molecule has 112 valence electrons. The van der Waals surface area contributed by atoms with E-state index in [4.69, 9.17) is 5.73 Å². The summed E-state index contributed by atoms with van der Waals surface area (Å²) in [4.78, 5) is 5.09. The fraction of sp³-hybridized carbons (Fsp3) is 1.00. The van der Waals surface area contributed by atoms with Crippen molar-refractivity contribution in [3.05, 3.63) is 0 Å². The summed E-state index contributed by atoms with van der Waals surface area (Å²) in [6.07, 6.45) is 9.26. The molecule has 1 aliphatic carbocycles. The fourth-order valence-corrected chi connectivity index (χ4v) is 4.07. The predicted molar refractivity (Wildman–Crippen MR) is 82.3 cm³/mol. The van der Waals surface area contributed by atoms with E-state index in [2.05, 4.69) is 30.8 Å². The van der Waals surface area contributed by atoms with Crippen LogP contribution in [0.3, 0.4) is 0 Å². The van der Waals surface area contributed by atoms with Gasteiger partial charge in [0.1, 0.15) is 0 Å². The lowest BCUT2D eigenvalue weighted by Crippen LogP contribution is -2.55. The molecule has 0 spiro atoms. The van der Waals surface area contributed by atoms with Gasteiger partial charge in [-0.25, -0.2) is 0 Å². The lowest BCUT2D eigenvalue weighted by atomic mass is 9.79. The molecule has 0 radical (unpaired) electrons. The van der Waals surface area contributed by atoms with Gasteiger partial charge in [-0.15, -0.1) is 0 Å². The zero-order chi connectivity index (χ0) is 13.8. The largest absolute Gasteiger partial charge is 0.326 e. The molecule has 0 aromatic heterocycles. The molecule has 0 bridgehead atoms. The minimum absolute atomic E-state index is 0.401. The average Bonchev–Trinajstić information content (AvgIpc) is 2.41. The molecule has 2 N–H and O–H groups in total. The number of hydrogen-bond donors (Lipinski definition) is 1. The van der Waals surface area contributed by atoms with E-state index in [0.29, 0.717) is 12.1 Å². The Hall–Kier alpha value is -0.120. The summed E-state index contributed by atoms with van der Waals surface area (Å²) in [6.45, 7) is 4.80. The first-order chi connectivity index (χ1) is 9.11. The number of nitrogens with zero attached hydrogens (tertiary/aromatic N) is 2. The second-order valence-electron chi connectivity index (χ2n) is 6.90. The molecule has 0 amide bonds. The summed E-state index contributed by atoms with van der Waals surface area (Å²) >= 11 is 0. The van der Waals surface area contributed by atoms with E-state index in [-0.39, 0.29) is 0 Å². The van der Waals surface area contributed by atoms with Crippen LogP contribution in [0.5, 0.6) is 0 Å². The lowest BCUT2D eigenvalue weighted by Gasteiger charge is -2.45. The highest BCUT2D eigenvalue weighted by molar-refractivity contribution is 4.91. The van der Waals surface area contributed by atoms with Crippen molar-refractivity contribution in [1.29, 1.82) is 0 Å². The summed E-state index contributed by atoms with van der Waals surface area (Å²) in [5.74, 6) is 0.920. The highest BCUT2D eigenvalue weighted by Gasteiger charge is 2.34. The SMILES string of the molecule is CCCC1CCC(N)C(N(C)C2CCN(C)CC2)C1. The zero-order valence-corrected chi connectivity index (χ0v) is 13.1. The molecule has 0 aromatic rings. The number of nitrogens with two attached hydrogens (primary N) is 1. The zero-order valence-electron chi connectivity index (χ0n) is 13.1. The van der Waals surface area contributed by atoms with E-state index >= 15 is 0 Å². The maximum Gasteiger partial charge on any atom is 0.0249 e. The normalized spacial score (nSPS) is 34.9. The number of rotatable bonds is 4. The first-order valence-electron chi connectivity index (χ1n) is 8.27. The number of likely N-dealkylation sites (tertiary alicyclic amines) is 1. The summed E-state index contributed by atoms with van der Waals surface area (Å²) in [6, 6.07) is 1.78. The Morgan fingerprint density at radius 2 is 1.84 bits per heavy atom. The quantitative estimate of drug-likeness (QED) is 0.848. The highest BCUT2D eigenvalue weighted by Crippen LogP contribution is 2.31. The third kappa shape index (κ3) is 3.93. The molecule has 0 aromatic carbocycles. The Morgan fingerprint density at radius 3 is 2.47 bits per heavy atom. The molecule has 2 fully saturated rings. The van der Waals surface area contributed by atoms with Crippen molar-refractivity contribution >= 4 is 0 Å². The van der Waals surface area contributed by atoms with Crippen LogP contribution in [0, 0.1) is 5.92 Å². The maximum atomic E-state index is 6.42. The van der Waals surface area contributed by atoms with Gasteiger partial charge in [-0.05, 0) is 65.2 Å². The van der Waals surface area contributed by atoms with Crippen molar-refractivity contribution in [1.82, 2.24) is 9.80 Å². The molecule has 2 aliphatic rings. The van der Waals surface area contributed by atoms with Crippen molar-refractivity contribution in [2.75, 3.05) is 27.2 Å². The van der Waals surface area contributed by atoms with E-state index in [1.54, 1.807) is 0 Å². The molecule has 1 aliphatic heterocycles. The van der Waals surface area contributed by atoms with Gasteiger partial charge in [-0.1, -0.05) is 19.8 Å². The number of piperidine rings is 1. The van der Waals surface area contributed by atoms with Gasteiger partial charge in [0.25, 0.3) is 0 Å². The van der Waals surface area contributed by atoms with Crippen LogP contribution in [0.25, 0.3) is 0 Å². The van der Waals surface area contributed by atoms with Gasteiger partial charge in [0.2, 0.25) is 0 Å². The van der Waals surface area contributed by atoms with Crippen LogP contribution in [0.15, 0.2) is 0 Å². The molecule has 3 unspecified atom stereocenters. The number of hydrogen-bond acceptors (Lipinski definition) is 3. The molecule has 3 heteroatoms. The van der Waals surface area contributed by atoms with Gasteiger partial charge >= 0.3 is 0 Å². The Bertz CT molecular complexity index is 261. The topological polar surface area (TPSA) is 32.5 Å². The van der Waals surface area contributed by atoms with Crippen LogP contribution in [0.4, 0.5) is 0 Å². The van der Waals surface area contributed by atoms with Crippen molar-refractivity contribution in [2.24, 2.45) is 11.7 Å². The minimum Gasteiger partial charge on any atom is -0.326 e. The smallest absolute Gasteiger partial charge is 0.0249 e. The van der Waals surface area contributed by atoms with Crippen LogP contribution in [-0.2, 0) is 0 Å². The summed E-state index contributed by atoms with van der Waals surface area (Å²) < 4.78 is 0. The molecule has 3 atom stereocenters. The fourth-order valence-electron chi connectivity index (χ4n) is 4.07. The minimum atomic E-state index is 0.401. The van der Waals surface area contributed by atoms with Crippen molar-refractivity contribution in [3.63, 3.8) is 0 Å². The molecule has 1 heterocycles. The Balaban J connectivity index is 1.90. The molecule has 1 saturated heterocycles. The lowest BCUT2D eigenvalue weighted by molar-refractivity contribution is 0.0622. The van der Waals surface area contributed by atoms with E-state index in [1.807, 2.05) is 0 Å². The molecule has 1 saturated carbocycles. The maximum absolute atomic E-state index is 6.42. The van der Waals surface area contributed by atoms with Crippen molar-refractivity contribution < 1.29 is 0 Å². The summed E-state index contributed by atoms with van der Waals surface area (Å²) in [5.41, 5.74) is 6.42. The molecule has 3 nitrogen and oxygen atoms in total. The van der Waals surface area contributed by atoms with Crippen LogP contribution < -0.4 is 5.73 Å². The first-order valence-corrected chi connectivity index (χ1v) is 8.27. The Labute approximate surface area is 119 Å². The Morgan fingerprint density at radius 1 is 1.16 bits per heavy atom. The van der Waals surface area contributed by atoms with E-state index in [0.717, 1.165) is 12.0 Å². The van der Waals surface area contributed by atoms with Gasteiger partial charge in [-0.3, -0.25) is 4.90 Å². The van der Waals surface area contributed by atoms with E-state index < -0.39 is 0 Å². The van der Waals surface area contributed by atoms with Crippen molar-refractivity contribution in [2.45, 2.75) is 70.0 Å². The average molecular weight is 267 g/mol. The predicted octanol–water partition coefficient (Wildman–Crippen LogP) is 2.31. The number of likely N-dealkylation sites (N-methyl/N-ethyl adjacent to an activating group) is 1. The molecular weight excluding hydrogens is 234 g/mol. The monoisotopic (exact) mass is 267 g/mol. The standard InChI is InChI=1S/C16H33N3/c1-4-5-13-6-7-15(17)16(12-13)19(3)14-8-10-18(2)11-9-14/h13-16H,4-12,17H2,1-3H3. The van der Waals surface area contributed by atoms with Crippen LogP contribution in [0.1, 0.15) is 51.9 Å². The van der Waals surface area contributed by atoms with E-state index in [9.17, 15) is 0 Å². The van der Waals surface area contributed by atoms with Gasteiger partial charge in [0.05, 0.1) is 0 Å². The van der Waals surface area contributed by atoms with Crippen LogP contribution in [0.2, 0.25) is 0 Å². The van der Waals surface area contributed by atoms with Crippen LogP contribution >= 0.6 is 0 Å². The Kier molecular flexibility index (Phi) is 5.67. The second-order valence-corrected chi connectivity index (χ2v) is 6.90. The third-order valence-electron chi connectivity index (χ3n) is 5.46. The third-order valence-corrected chi connectivity index (χ3v) is 5.46. The van der Waals surface area contributed by atoms with Crippen LogP contribution in [-0.4, -0.2) is 55.1 Å². The highest BCUT2D eigenvalue weighted by atomic mass is 15.2. The summed E-state index contributed by atoms with van der Waals surface area (Å²) in [7, 11) is 4.56. The molecular formula is C16H33N3. The molecule has 2 rings (SSSR count). The van der Waals surface area contributed by atoms with Gasteiger partial charge in [-0.2, -0.15) is 0 Å². The second kappa shape index (κ2) is 7.05.